The lowest BCUT2D eigenvalue weighted by Crippen LogP contribution is -2.30. The fraction of sp³-hybridized carbons (Fsp3) is 0.269. The summed E-state index contributed by atoms with van der Waals surface area (Å²) in [5, 5.41) is 18.9. The van der Waals surface area contributed by atoms with Crippen LogP contribution in [-0.4, -0.2) is 44.7 Å². The lowest BCUT2D eigenvalue weighted by atomic mass is 10.2. The summed E-state index contributed by atoms with van der Waals surface area (Å²) in [4.78, 5) is 2.45. The summed E-state index contributed by atoms with van der Waals surface area (Å²) in [6.45, 7) is 3.71. The van der Waals surface area contributed by atoms with Gasteiger partial charge < -0.3 is 9.84 Å². The second-order valence-corrected chi connectivity index (χ2v) is 10.1. The molecule has 34 heavy (non-hydrogen) atoms. The molecule has 4 rings (SSSR count). The molecule has 1 fully saturated rings. The van der Waals surface area contributed by atoms with Crippen LogP contribution in [0.3, 0.4) is 0 Å². The van der Waals surface area contributed by atoms with Crippen LogP contribution in [-0.2, 0) is 16.6 Å². The van der Waals surface area contributed by atoms with Crippen LogP contribution in [0.1, 0.15) is 24.0 Å². The molecule has 176 valence electrons. The number of rotatable bonds is 9. The van der Waals surface area contributed by atoms with Gasteiger partial charge in [0.15, 0.2) is 0 Å². The van der Waals surface area contributed by atoms with Gasteiger partial charge in [0.2, 0.25) is 0 Å². The van der Waals surface area contributed by atoms with Crippen molar-refractivity contribution in [3.8, 4) is 17.6 Å². The van der Waals surface area contributed by atoms with Crippen molar-refractivity contribution in [1.82, 2.24) is 4.90 Å². The molecule has 7 nitrogen and oxygen atoms in total. The Hall–Kier alpha value is -3.54. The minimum absolute atomic E-state index is 0.0336. The largest absolute Gasteiger partial charge is 0.508 e. The predicted molar refractivity (Wildman–Crippen MR) is 130 cm³/mol. The maximum atomic E-state index is 13.6. The smallest absolute Gasteiger partial charge is 0.264 e. The Morgan fingerprint density at radius 3 is 2.35 bits per heavy atom. The van der Waals surface area contributed by atoms with Crippen molar-refractivity contribution >= 4 is 15.7 Å². The average molecular weight is 478 g/mol. The van der Waals surface area contributed by atoms with Crippen molar-refractivity contribution in [2.45, 2.75) is 24.3 Å². The van der Waals surface area contributed by atoms with Crippen molar-refractivity contribution in [3.63, 3.8) is 0 Å². The summed E-state index contributed by atoms with van der Waals surface area (Å²) in [5.74, 6) is 0.742. The van der Waals surface area contributed by atoms with E-state index in [1.54, 1.807) is 36.4 Å². The minimum atomic E-state index is -3.94. The molecule has 0 atom stereocenters. The molecular formula is C26H27N3O4S. The Balaban J connectivity index is 1.57. The van der Waals surface area contributed by atoms with Gasteiger partial charge in [0, 0.05) is 6.54 Å². The molecule has 0 aliphatic carbocycles. The van der Waals surface area contributed by atoms with E-state index in [-0.39, 0.29) is 17.2 Å². The van der Waals surface area contributed by atoms with E-state index in [0.29, 0.717) is 29.2 Å². The molecule has 1 heterocycles. The minimum Gasteiger partial charge on any atom is -0.508 e. The first-order valence-corrected chi connectivity index (χ1v) is 12.7. The van der Waals surface area contributed by atoms with Gasteiger partial charge in [-0.05, 0) is 92.2 Å². The Labute approximate surface area is 200 Å². The number of sulfonamides is 1. The van der Waals surface area contributed by atoms with Crippen LogP contribution < -0.4 is 9.04 Å². The summed E-state index contributed by atoms with van der Waals surface area (Å²) in [7, 11) is -3.94. The molecule has 3 aromatic rings. The van der Waals surface area contributed by atoms with E-state index in [2.05, 4.69) is 4.90 Å². The lowest BCUT2D eigenvalue weighted by molar-refractivity contribution is 0.238. The maximum Gasteiger partial charge on any atom is 0.264 e. The van der Waals surface area contributed by atoms with Gasteiger partial charge in [-0.2, -0.15) is 5.26 Å². The van der Waals surface area contributed by atoms with Gasteiger partial charge in [0.1, 0.15) is 18.1 Å². The van der Waals surface area contributed by atoms with Crippen molar-refractivity contribution < 1.29 is 18.3 Å². The van der Waals surface area contributed by atoms with Crippen LogP contribution in [0.25, 0.3) is 0 Å². The fourth-order valence-corrected chi connectivity index (χ4v) is 5.42. The third kappa shape index (κ3) is 5.68. The van der Waals surface area contributed by atoms with Gasteiger partial charge in [-0.25, -0.2) is 8.42 Å². The van der Waals surface area contributed by atoms with Crippen molar-refractivity contribution in [3.05, 3.63) is 83.9 Å². The van der Waals surface area contributed by atoms with Gasteiger partial charge in [-0.15, -0.1) is 0 Å². The molecule has 0 saturated carbocycles. The highest BCUT2D eigenvalue weighted by Gasteiger charge is 2.25. The van der Waals surface area contributed by atoms with Crippen LogP contribution in [0.4, 0.5) is 5.69 Å². The number of ether oxygens (including phenoxy) is 1. The molecule has 0 amide bonds. The zero-order valence-corrected chi connectivity index (χ0v) is 19.6. The van der Waals surface area contributed by atoms with Crippen LogP contribution in [0.15, 0.2) is 77.7 Å². The molecule has 8 heteroatoms. The van der Waals surface area contributed by atoms with Crippen molar-refractivity contribution in [2.75, 3.05) is 30.5 Å². The van der Waals surface area contributed by atoms with Gasteiger partial charge in [-0.3, -0.25) is 9.21 Å². The van der Waals surface area contributed by atoms with E-state index >= 15 is 0 Å². The molecule has 0 radical (unpaired) electrons. The van der Waals surface area contributed by atoms with Crippen molar-refractivity contribution in [1.29, 1.82) is 5.26 Å². The fourth-order valence-electron chi connectivity index (χ4n) is 3.97. The summed E-state index contributed by atoms with van der Waals surface area (Å²) in [6.07, 6.45) is 2.47. The molecule has 1 N–H and O–H groups in total. The first kappa shape index (κ1) is 23.6. The highest BCUT2D eigenvalue weighted by molar-refractivity contribution is 7.92. The number of nitriles is 1. The number of nitrogens with zero attached hydrogens (tertiary/aromatic N) is 3. The third-order valence-electron chi connectivity index (χ3n) is 5.81. The quantitative estimate of drug-likeness (QED) is 0.498. The molecule has 1 aliphatic heterocycles. The van der Waals surface area contributed by atoms with E-state index in [1.807, 2.05) is 6.07 Å². The molecule has 0 aromatic heterocycles. The number of phenols is 1. The van der Waals surface area contributed by atoms with Crippen LogP contribution in [0, 0.1) is 11.3 Å². The first-order valence-electron chi connectivity index (χ1n) is 11.2. The molecule has 0 bridgehead atoms. The Morgan fingerprint density at radius 1 is 1.00 bits per heavy atom. The van der Waals surface area contributed by atoms with E-state index in [0.717, 1.165) is 19.6 Å². The van der Waals surface area contributed by atoms with Crippen LogP contribution >= 0.6 is 0 Å². The van der Waals surface area contributed by atoms with E-state index in [1.165, 1.54) is 53.5 Å². The lowest BCUT2D eigenvalue weighted by Gasteiger charge is -2.25. The zero-order valence-electron chi connectivity index (χ0n) is 18.8. The number of likely N-dealkylation sites (tertiary alicyclic amines) is 1. The van der Waals surface area contributed by atoms with Crippen LogP contribution in [0.5, 0.6) is 11.5 Å². The second-order valence-electron chi connectivity index (χ2n) is 8.21. The normalized spacial score (nSPS) is 14.0. The summed E-state index contributed by atoms with van der Waals surface area (Å²) in [6, 6.07) is 21.3. The predicted octanol–water partition coefficient (Wildman–Crippen LogP) is 4.13. The van der Waals surface area contributed by atoms with E-state index in [9.17, 15) is 13.5 Å². The number of aromatic hydroxyl groups is 1. The molecular weight excluding hydrogens is 450 g/mol. The summed E-state index contributed by atoms with van der Waals surface area (Å²) < 4.78 is 34.3. The van der Waals surface area contributed by atoms with Gasteiger partial charge in [0.05, 0.1) is 28.8 Å². The topological polar surface area (TPSA) is 93.9 Å². The van der Waals surface area contributed by atoms with Crippen molar-refractivity contribution in [2.24, 2.45) is 0 Å². The van der Waals surface area contributed by atoms with Gasteiger partial charge in [-0.1, -0.05) is 12.1 Å². The summed E-state index contributed by atoms with van der Waals surface area (Å²) in [5.41, 5.74) is 1.50. The highest BCUT2D eigenvalue weighted by Crippen LogP contribution is 2.28. The van der Waals surface area contributed by atoms with Gasteiger partial charge >= 0.3 is 0 Å². The number of hydrogen-bond acceptors (Lipinski definition) is 6. The highest BCUT2D eigenvalue weighted by atomic mass is 32.2. The van der Waals surface area contributed by atoms with Gasteiger partial charge in [0.25, 0.3) is 10.0 Å². The molecule has 1 saturated heterocycles. The monoisotopic (exact) mass is 477 g/mol. The maximum absolute atomic E-state index is 13.6. The standard InChI is InChI=1S/C26H27N3O4S/c27-19-21-6-12-26(13-7-21)34(31,32)29(20-22-4-3-5-24(30)18-22)23-8-10-25(11-9-23)33-17-16-28-14-1-2-15-28/h3-13,18,30H,1-2,14-17,20H2. The first-order chi connectivity index (χ1) is 16.5. The number of phenolic OH excluding ortho intramolecular Hbond substituents is 1. The zero-order chi connectivity index (χ0) is 24.0. The number of hydrogen-bond donors (Lipinski definition) is 1. The van der Waals surface area contributed by atoms with E-state index in [4.69, 9.17) is 10.00 Å². The Morgan fingerprint density at radius 2 is 1.71 bits per heavy atom. The molecule has 0 unspecified atom stereocenters. The second kappa shape index (κ2) is 10.6. The molecule has 3 aromatic carbocycles. The van der Waals surface area contributed by atoms with Crippen LogP contribution in [0.2, 0.25) is 0 Å². The SMILES string of the molecule is N#Cc1ccc(S(=O)(=O)N(Cc2cccc(O)c2)c2ccc(OCCN3CCCC3)cc2)cc1. The molecule has 0 spiro atoms. The number of anilines is 1. The summed E-state index contributed by atoms with van der Waals surface area (Å²) >= 11 is 0. The Bertz CT molecular complexity index is 1250. The Kier molecular flexibility index (Phi) is 7.36. The molecule has 1 aliphatic rings. The van der Waals surface area contributed by atoms with E-state index < -0.39 is 10.0 Å². The average Bonchev–Trinajstić information content (AvgIpc) is 3.37. The number of benzene rings is 3. The third-order valence-corrected chi connectivity index (χ3v) is 7.60.